The number of hydrogen-bond acceptors (Lipinski definition) is 3. The highest BCUT2D eigenvalue weighted by molar-refractivity contribution is 7.89. The largest absolute Gasteiger partial charge is 0.480 e. The zero-order valence-electron chi connectivity index (χ0n) is 10.6. The second-order valence-electron chi connectivity index (χ2n) is 4.83. The molecule has 1 aromatic carbocycles. The smallest absolute Gasteiger partial charge is 0.324 e. The zero-order valence-corrected chi connectivity index (χ0v) is 11.5. The lowest BCUT2D eigenvalue weighted by Crippen LogP contribution is -2.50. The second kappa shape index (κ2) is 4.78. The number of rotatable bonds is 3. The molecule has 8 heteroatoms. The molecule has 5 nitrogen and oxygen atoms in total. The SMILES string of the molecule is CC1(C(=O)O)CCCN1S(=O)(=O)c1cc(F)ccc1F. The molecular formula is C12H13F2NO4S. The van der Waals surface area contributed by atoms with Crippen molar-refractivity contribution in [2.45, 2.75) is 30.2 Å². The Kier molecular flexibility index (Phi) is 3.55. The number of carboxylic acids is 1. The van der Waals surface area contributed by atoms with Crippen molar-refractivity contribution >= 4 is 16.0 Å². The summed E-state index contributed by atoms with van der Waals surface area (Å²) in [5.74, 6) is -3.32. The third kappa shape index (κ3) is 2.18. The van der Waals surface area contributed by atoms with Crippen LogP contribution in [0, 0.1) is 11.6 Å². The average molecular weight is 305 g/mol. The van der Waals surface area contributed by atoms with Crippen molar-refractivity contribution < 1.29 is 27.1 Å². The van der Waals surface area contributed by atoms with E-state index in [1.54, 1.807) is 0 Å². The summed E-state index contributed by atoms with van der Waals surface area (Å²) >= 11 is 0. The highest BCUT2D eigenvalue weighted by atomic mass is 32.2. The Labute approximate surface area is 114 Å². The van der Waals surface area contributed by atoms with Gasteiger partial charge in [-0.05, 0) is 38.0 Å². The summed E-state index contributed by atoms with van der Waals surface area (Å²) in [5, 5.41) is 9.20. The van der Waals surface area contributed by atoms with Crippen molar-refractivity contribution in [1.29, 1.82) is 0 Å². The Morgan fingerprint density at radius 1 is 1.40 bits per heavy atom. The van der Waals surface area contributed by atoms with Crippen molar-refractivity contribution in [3.05, 3.63) is 29.8 Å². The highest BCUT2D eigenvalue weighted by Crippen LogP contribution is 2.35. The lowest BCUT2D eigenvalue weighted by molar-refractivity contribution is -0.146. The number of nitrogens with zero attached hydrogens (tertiary/aromatic N) is 1. The third-order valence-corrected chi connectivity index (χ3v) is 5.53. The number of sulfonamides is 1. The monoisotopic (exact) mass is 305 g/mol. The van der Waals surface area contributed by atoms with E-state index in [0.29, 0.717) is 18.6 Å². The summed E-state index contributed by atoms with van der Waals surface area (Å²) in [4.78, 5) is 10.4. The van der Waals surface area contributed by atoms with Crippen LogP contribution in [0.5, 0.6) is 0 Å². The summed E-state index contributed by atoms with van der Waals surface area (Å²) in [6.45, 7) is 1.22. The quantitative estimate of drug-likeness (QED) is 0.920. The minimum Gasteiger partial charge on any atom is -0.480 e. The fourth-order valence-corrected chi connectivity index (χ4v) is 4.21. The van der Waals surface area contributed by atoms with E-state index in [2.05, 4.69) is 0 Å². The third-order valence-electron chi connectivity index (χ3n) is 3.50. The van der Waals surface area contributed by atoms with Gasteiger partial charge in [-0.2, -0.15) is 4.31 Å². The molecule has 1 unspecified atom stereocenters. The normalized spacial score (nSPS) is 23.9. The van der Waals surface area contributed by atoms with Gasteiger partial charge >= 0.3 is 5.97 Å². The van der Waals surface area contributed by atoms with Crippen molar-refractivity contribution in [1.82, 2.24) is 4.31 Å². The first-order valence-electron chi connectivity index (χ1n) is 5.91. The molecule has 1 aromatic rings. The number of carbonyl (C=O) groups is 1. The van der Waals surface area contributed by atoms with Gasteiger partial charge in [0.1, 0.15) is 22.1 Å². The lowest BCUT2D eigenvalue weighted by atomic mass is 10.0. The Balaban J connectivity index is 2.55. The van der Waals surface area contributed by atoms with Crippen molar-refractivity contribution in [2.24, 2.45) is 0 Å². The van der Waals surface area contributed by atoms with Crippen LogP contribution < -0.4 is 0 Å². The van der Waals surface area contributed by atoms with E-state index in [4.69, 9.17) is 0 Å². The molecule has 0 bridgehead atoms. The minimum atomic E-state index is -4.41. The maximum absolute atomic E-state index is 13.7. The first kappa shape index (κ1) is 14.9. The molecule has 1 aliphatic rings. The molecule has 1 saturated heterocycles. The first-order chi connectivity index (χ1) is 9.19. The molecule has 0 radical (unpaired) electrons. The van der Waals surface area contributed by atoms with E-state index >= 15 is 0 Å². The van der Waals surface area contributed by atoms with E-state index < -0.39 is 38.1 Å². The van der Waals surface area contributed by atoms with E-state index in [-0.39, 0.29) is 13.0 Å². The molecule has 0 spiro atoms. The predicted molar refractivity (Wildman–Crippen MR) is 65.5 cm³/mol. The second-order valence-corrected chi connectivity index (χ2v) is 6.67. The number of aliphatic carboxylic acids is 1. The molecule has 1 fully saturated rings. The molecule has 1 N–H and O–H groups in total. The molecule has 20 heavy (non-hydrogen) atoms. The summed E-state index contributed by atoms with van der Waals surface area (Å²) in [6, 6.07) is 2.07. The first-order valence-corrected chi connectivity index (χ1v) is 7.35. The molecule has 1 heterocycles. The van der Waals surface area contributed by atoms with Crippen LogP contribution in [0.25, 0.3) is 0 Å². The Hall–Kier alpha value is -1.54. The van der Waals surface area contributed by atoms with Crippen LogP contribution in [0.4, 0.5) is 8.78 Å². The van der Waals surface area contributed by atoms with E-state index in [0.717, 1.165) is 10.4 Å². The van der Waals surface area contributed by atoms with Gasteiger partial charge in [-0.15, -0.1) is 0 Å². The molecule has 0 saturated carbocycles. The van der Waals surface area contributed by atoms with E-state index in [9.17, 15) is 27.1 Å². The maximum Gasteiger partial charge on any atom is 0.324 e. The van der Waals surface area contributed by atoms with Crippen LogP contribution in [0.15, 0.2) is 23.1 Å². The number of halogens is 2. The maximum atomic E-state index is 13.7. The van der Waals surface area contributed by atoms with Crippen LogP contribution >= 0.6 is 0 Å². The minimum absolute atomic E-state index is 0.0406. The molecule has 0 aliphatic carbocycles. The fraction of sp³-hybridized carbons (Fsp3) is 0.417. The summed E-state index contributed by atoms with van der Waals surface area (Å²) in [6.07, 6.45) is 0.470. The standard InChI is InChI=1S/C12H13F2NO4S/c1-12(11(16)17)5-2-6-15(12)20(18,19)10-7-8(13)3-4-9(10)14/h3-4,7H,2,5-6H2,1H3,(H,16,17). The lowest BCUT2D eigenvalue weighted by Gasteiger charge is -2.30. The Bertz CT molecular complexity index is 661. The summed E-state index contributed by atoms with van der Waals surface area (Å²) in [5.41, 5.74) is -1.64. The van der Waals surface area contributed by atoms with Gasteiger partial charge in [-0.1, -0.05) is 0 Å². The Morgan fingerprint density at radius 2 is 2.05 bits per heavy atom. The van der Waals surface area contributed by atoms with E-state index in [1.165, 1.54) is 6.92 Å². The molecule has 110 valence electrons. The molecule has 1 aliphatic heterocycles. The van der Waals surface area contributed by atoms with Gasteiger partial charge < -0.3 is 5.11 Å². The molecule has 2 rings (SSSR count). The van der Waals surface area contributed by atoms with Gasteiger partial charge in [-0.25, -0.2) is 17.2 Å². The zero-order chi connectivity index (χ0) is 15.1. The van der Waals surface area contributed by atoms with Crippen LogP contribution in [0.1, 0.15) is 19.8 Å². The van der Waals surface area contributed by atoms with Crippen molar-refractivity contribution in [3.63, 3.8) is 0 Å². The van der Waals surface area contributed by atoms with Gasteiger partial charge in [-0.3, -0.25) is 4.79 Å². The fourth-order valence-electron chi connectivity index (χ4n) is 2.33. The average Bonchev–Trinajstić information content (AvgIpc) is 2.76. The molecule has 0 aromatic heterocycles. The predicted octanol–water partition coefficient (Wildman–Crippen LogP) is 1.59. The molecule has 0 amide bonds. The van der Waals surface area contributed by atoms with Crippen molar-refractivity contribution in [3.8, 4) is 0 Å². The highest BCUT2D eigenvalue weighted by Gasteiger charge is 2.50. The Morgan fingerprint density at radius 3 is 2.65 bits per heavy atom. The number of carboxylic acid groups (broad SMARTS) is 1. The summed E-state index contributed by atoms with van der Waals surface area (Å²) in [7, 11) is -4.41. The summed E-state index contributed by atoms with van der Waals surface area (Å²) < 4.78 is 52.3. The molecule has 1 atom stereocenters. The number of benzene rings is 1. The van der Waals surface area contributed by atoms with Crippen LogP contribution in [0.2, 0.25) is 0 Å². The molecular weight excluding hydrogens is 292 g/mol. The van der Waals surface area contributed by atoms with Gasteiger partial charge in [0.15, 0.2) is 0 Å². The van der Waals surface area contributed by atoms with E-state index in [1.807, 2.05) is 0 Å². The van der Waals surface area contributed by atoms with Gasteiger partial charge in [0, 0.05) is 6.54 Å². The van der Waals surface area contributed by atoms with Crippen molar-refractivity contribution in [2.75, 3.05) is 6.54 Å². The van der Waals surface area contributed by atoms with Crippen LogP contribution in [-0.4, -0.2) is 35.9 Å². The van der Waals surface area contributed by atoms with Gasteiger partial charge in [0.05, 0.1) is 0 Å². The van der Waals surface area contributed by atoms with Gasteiger partial charge in [0.25, 0.3) is 0 Å². The van der Waals surface area contributed by atoms with Crippen LogP contribution in [-0.2, 0) is 14.8 Å². The number of hydrogen-bond donors (Lipinski definition) is 1. The topological polar surface area (TPSA) is 74.7 Å². The van der Waals surface area contributed by atoms with Crippen LogP contribution in [0.3, 0.4) is 0 Å². The van der Waals surface area contributed by atoms with Gasteiger partial charge in [0.2, 0.25) is 10.0 Å².